The molecule has 2 rings (SSSR count). The van der Waals surface area contributed by atoms with Crippen LogP contribution in [0.1, 0.15) is 31.5 Å². The van der Waals surface area contributed by atoms with E-state index in [9.17, 15) is 8.78 Å². The number of benzene rings is 1. The van der Waals surface area contributed by atoms with Gasteiger partial charge in [0.15, 0.2) is 0 Å². The van der Waals surface area contributed by atoms with E-state index in [1.165, 1.54) is 0 Å². The first-order chi connectivity index (χ1) is 11.3. The molecule has 0 aliphatic carbocycles. The first kappa shape index (κ1) is 18.7. The molecule has 0 spiro atoms. The molecule has 24 heavy (non-hydrogen) atoms. The van der Waals surface area contributed by atoms with Crippen molar-refractivity contribution in [1.82, 2.24) is 10.3 Å². The highest BCUT2D eigenvalue weighted by molar-refractivity contribution is 6.32. The van der Waals surface area contributed by atoms with Crippen molar-refractivity contribution in [1.29, 1.82) is 0 Å². The highest BCUT2D eigenvalue weighted by Gasteiger charge is 2.14. The molecule has 0 radical (unpaired) electrons. The summed E-state index contributed by atoms with van der Waals surface area (Å²) < 4.78 is 24.7. The van der Waals surface area contributed by atoms with Gasteiger partial charge in [0, 0.05) is 39.8 Å². The minimum atomic E-state index is -2.44. The Balaban J connectivity index is 2.06. The molecular formula is C18H24ClF2N3. The molecule has 0 bridgehead atoms. The minimum Gasteiger partial charge on any atom is -0.382 e. The van der Waals surface area contributed by atoms with E-state index in [1.54, 1.807) is 0 Å². The average Bonchev–Trinajstić information content (AvgIpc) is 2.85. The smallest absolute Gasteiger partial charge is 0.240 e. The van der Waals surface area contributed by atoms with Gasteiger partial charge in [-0.1, -0.05) is 32.0 Å². The van der Waals surface area contributed by atoms with Crippen LogP contribution in [-0.4, -0.2) is 17.5 Å². The van der Waals surface area contributed by atoms with Gasteiger partial charge in [-0.25, -0.2) is 8.78 Å². The lowest BCUT2D eigenvalue weighted by Gasteiger charge is -2.15. The van der Waals surface area contributed by atoms with Gasteiger partial charge in [-0.05, 0) is 36.1 Å². The summed E-state index contributed by atoms with van der Waals surface area (Å²) in [7, 11) is 0. The molecule has 0 saturated carbocycles. The SMILES string of the molecule is C=C(NCc1cc2cc(Cl)c(CC(C)C)cc2[nH]1)C(N)CC(F)F. The summed E-state index contributed by atoms with van der Waals surface area (Å²) in [6.45, 7) is 8.48. The Labute approximate surface area is 146 Å². The summed E-state index contributed by atoms with van der Waals surface area (Å²) in [6, 6.07) is 5.24. The van der Waals surface area contributed by atoms with E-state index in [1.807, 2.05) is 12.1 Å². The largest absolute Gasteiger partial charge is 0.382 e. The molecule has 0 aliphatic heterocycles. The fourth-order valence-corrected chi connectivity index (χ4v) is 2.87. The first-order valence-corrected chi connectivity index (χ1v) is 8.40. The Morgan fingerprint density at radius 2 is 2.04 bits per heavy atom. The number of fused-ring (bicyclic) bond motifs is 1. The van der Waals surface area contributed by atoms with Crippen molar-refractivity contribution in [3.8, 4) is 0 Å². The van der Waals surface area contributed by atoms with Crippen molar-refractivity contribution in [3.05, 3.63) is 46.8 Å². The third-order valence-corrected chi connectivity index (χ3v) is 4.21. The zero-order valence-corrected chi connectivity index (χ0v) is 14.8. The Bertz CT molecular complexity index is 710. The number of hydrogen-bond acceptors (Lipinski definition) is 2. The Kier molecular flexibility index (Phi) is 6.24. The van der Waals surface area contributed by atoms with Crippen LogP contribution < -0.4 is 11.1 Å². The van der Waals surface area contributed by atoms with E-state index in [-0.39, 0.29) is 0 Å². The average molecular weight is 356 g/mol. The van der Waals surface area contributed by atoms with Crippen LogP contribution in [0.25, 0.3) is 10.9 Å². The second-order valence-electron chi connectivity index (χ2n) is 6.54. The molecular weight excluding hydrogens is 332 g/mol. The van der Waals surface area contributed by atoms with Crippen LogP contribution in [0, 0.1) is 5.92 Å². The number of nitrogens with two attached hydrogens (primary N) is 1. The molecule has 3 nitrogen and oxygen atoms in total. The van der Waals surface area contributed by atoms with Gasteiger partial charge >= 0.3 is 0 Å². The Morgan fingerprint density at radius 3 is 2.67 bits per heavy atom. The molecule has 0 fully saturated rings. The van der Waals surface area contributed by atoms with Crippen LogP contribution in [0.5, 0.6) is 0 Å². The predicted octanol–water partition coefficient (Wildman–Crippen LogP) is 4.61. The van der Waals surface area contributed by atoms with Gasteiger partial charge in [-0.15, -0.1) is 0 Å². The molecule has 0 saturated heterocycles. The summed E-state index contributed by atoms with van der Waals surface area (Å²) >= 11 is 6.34. The summed E-state index contributed by atoms with van der Waals surface area (Å²) in [4.78, 5) is 3.32. The summed E-state index contributed by atoms with van der Waals surface area (Å²) in [5, 5.41) is 4.79. The van der Waals surface area contributed by atoms with Gasteiger partial charge < -0.3 is 16.0 Å². The van der Waals surface area contributed by atoms with Gasteiger partial charge in [0.25, 0.3) is 0 Å². The number of rotatable bonds is 8. The zero-order valence-electron chi connectivity index (χ0n) is 14.0. The molecule has 2 aromatic rings. The summed E-state index contributed by atoms with van der Waals surface area (Å²) in [5.74, 6) is 0.524. The van der Waals surface area contributed by atoms with Gasteiger partial charge in [0.2, 0.25) is 6.43 Å². The van der Waals surface area contributed by atoms with Crippen LogP contribution in [0.2, 0.25) is 5.02 Å². The molecule has 6 heteroatoms. The van der Waals surface area contributed by atoms with Gasteiger partial charge in [-0.3, -0.25) is 0 Å². The van der Waals surface area contributed by atoms with Crippen molar-refractivity contribution in [2.45, 2.75) is 45.7 Å². The van der Waals surface area contributed by atoms with E-state index in [2.05, 4.69) is 36.8 Å². The molecule has 1 unspecified atom stereocenters. The molecule has 4 N–H and O–H groups in total. The highest BCUT2D eigenvalue weighted by Crippen LogP contribution is 2.26. The fraction of sp³-hybridized carbons (Fsp3) is 0.444. The number of halogens is 3. The van der Waals surface area contributed by atoms with E-state index >= 15 is 0 Å². The molecule has 0 aliphatic rings. The van der Waals surface area contributed by atoms with Crippen LogP contribution in [0.3, 0.4) is 0 Å². The maximum Gasteiger partial charge on any atom is 0.240 e. The normalized spacial score (nSPS) is 13.0. The van der Waals surface area contributed by atoms with Crippen LogP contribution in [0.4, 0.5) is 8.78 Å². The van der Waals surface area contributed by atoms with E-state index < -0.39 is 18.9 Å². The summed E-state index contributed by atoms with van der Waals surface area (Å²) in [6.07, 6.45) is -1.92. The maximum atomic E-state index is 12.3. The van der Waals surface area contributed by atoms with Gasteiger partial charge in [0.1, 0.15) is 0 Å². The lowest BCUT2D eigenvalue weighted by Crippen LogP contribution is -2.32. The molecule has 1 atom stereocenters. The number of alkyl halides is 2. The van der Waals surface area contributed by atoms with Crippen LogP contribution in [0.15, 0.2) is 30.5 Å². The van der Waals surface area contributed by atoms with E-state index in [0.29, 0.717) is 18.2 Å². The molecule has 0 amide bonds. The van der Waals surface area contributed by atoms with Crippen LogP contribution >= 0.6 is 11.6 Å². The number of H-pyrrole nitrogens is 1. The lowest BCUT2D eigenvalue weighted by molar-refractivity contribution is 0.131. The zero-order chi connectivity index (χ0) is 17.9. The van der Waals surface area contributed by atoms with Gasteiger partial charge in [0.05, 0.1) is 6.54 Å². The van der Waals surface area contributed by atoms with Crippen molar-refractivity contribution in [2.24, 2.45) is 11.7 Å². The fourth-order valence-electron chi connectivity index (χ4n) is 2.62. The summed E-state index contributed by atoms with van der Waals surface area (Å²) in [5.41, 5.74) is 9.13. The van der Waals surface area contributed by atoms with Crippen molar-refractivity contribution in [2.75, 3.05) is 0 Å². The van der Waals surface area contributed by atoms with E-state index in [4.69, 9.17) is 17.3 Å². The topological polar surface area (TPSA) is 53.8 Å². The third-order valence-electron chi connectivity index (χ3n) is 3.86. The molecule has 1 aromatic carbocycles. The molecule has 132 valence electrons. The number of hydrogen-bond donors (Lipinski definition) is 3. The van der Waals surface area contributed by atoms with Crippen molar-refractivity contribution in [3.63, 3.8) is 0 Å². The monoisotopic (exact) mass is 355 g/mol. The Morgan fingerprint density at radius 1 is 1.33 bits per heavy atom. The maximum absolute atomic E-state index is 12.3. The Hall–Kier alpha value is -1.59. The predicted molar refractivity (Wildman–Crippen MR) is 96.4 cm³/mol. The molecule has 1 aromatic heterocycles. The van der Waals surface area contributed by atoms with Gasteiger partial charge in [-0.2, -0.15) is 0 Å². The number of aromatic nitrogens is 1. The first-order valence-electron chi connectivity index (χ1n) is 8.02. The standard InChI is InChI=1S/C18H24ClF2N3/c1-10(2)4-12-7-17-13(6-15(12)19)5-14(24-17)9-23-11(3)16(22)8-18(20)21/h5-7,10,16,18,23-24H,3-4,8-9,22H2,1-2H3. The highest BCUT2D eigenvalue weighted by atomic mass is 35.5. The number of aromatic amines is 1. The van der Waals surface area contributed by atoms with Crippen molar-refractivity contribution >= 4 is 22.5 Å². The number of nitrogens with one attached hydrogen (secondary N) is 2. The molecule has 1 heterocycles. The third kappa shape index (κ3) is 4.95. The minimum absolute atomic E-state index is 0.396. The van der Waals surface area contributed by atoms with Crippen LogP contribution in [-0.2, 0) is 13.0 Å². The second kappa shape index (κ2) is 7.99. The second-order valence-corrected chi connectivity index (χ2v) is 6.94. The van der Waals surface area contributed by atoms with Crippen molar-refractivity contribution < 1.29 is 8.78 Å². The quantitative estimate of drug-likeness (QED) is 0.648. The van der Waals surface area contributed by atoms with E-state index in [0.717, 1.165) is 33.6 Å². The lowest BCUT2D eigenvalue weighted by atomic mass is 10.0.